The van der Waals surface area contributed by atoms with Gasteiger partial charge in [0.2, 0.25) is 0 Å². The molecule has 0 aromatic rings. The molecule has 2 rings (SSSR count). The lowest BCUT2D eigenvalue weighted by Crippen LogP contribution is -2.43. The van der Waals surface area contributed by atoms with Crippen LogP contribution in [0.2, 0.25) is 0 Å². The Labute approximate surface area is 135 Å². The molecule has 2 heteroatoms. The van der Waals surface area contributed by atoms with E-state index in [1.165, 1.54) is 42.8 Å². The van der Waals surface area contributed by atoms with E-state index in [1.54, 1.807) is 6.08 Å². The van der Waals surface area contributed by atoms with Crippen molar-refractivity contribution in [3.63, 3.8) is 0 Å². The van der Waals surface area contributed by atoms with E-state index in [1.807, 2.05) is 18.2 Å². The SMILES string of the molecule is C=C/C=C\C=C/CNC1=CC(=C)C(CCC2CN(C)C2)=CC1. The second kappa shape index (κ2) is 8.60. The van der Waals surface area contributed by atoms with E-state index in [0.717, 1.165) is 18.9 Å². The zero-order valence-corrected chi connectivity index (χ0v) is 13.7. The number of hydrogen-bond donors (Lipinski definition) is 1. The first-order valence-electron chi connectivity index (χ1n) is 8.14. The van der Waals surface area contributed by atoms with Gasteiger partial charge in [-0.1, -0.05) is 49.6 Å². The maximum atomic E-state index is 4.22. The van der Waals surface area contributed by atoms with Crippen molar-refractivity contribution in [3.05, 3.63) is 72.5 Å². The number of nitrogens with zero attached hydrogens (tertiary/aromatic N) is 1. The second-order valence-corrected chi connectivity index (χ2v) is 6.18. The Bertz CT molecular complexity index is 514. The van der Waals surface area contributed by atoms with Gasteiger partial charge in [-0.15, -0.1) is 0 Å². The molecule has 0 bridgehead atoms. The molecule has 1 N–H and O–H groups in total. The van der Waals surface area contributed by atoms with Gasteiger partial charge in [-0.25, -0.2) is 0 Å². The third-order valence-electron chi connectivity index (χ3n) is 4.23. The van der Waals surface area contributed by atoms with Crippen molar-refractivity contribution < 1.29 is 0 Å². The van der Waals surface area contributed by atoms with Crippen LogP contribution in [0.5, 0.6) is 0 Å². The summed E-state index contributed by atoms with van der Waals surface area (Å²) >= 11 is 0. The van der Waals surface area contributed by atoms with Crippen LogP contribution in [-0.2, 0) is 0 Å². The highest BCUT2D eigenvalue weighted by molar-refractivity contribution is 5.43. The van der Waals surface area contributed by atoms with E-state index >= 15 is 0 Å². The van der Waals surface area contributed by atoms with Crippen molar-refractivity contribution in [2.24, 2.45) is 5.92 Å². The fourth-order valence-electron chi connectivity index (χ4n) is 2.96. The molecule has 1 aliphatic heterocycles. The third-order valence-corrected chi connectivity index (χ3v) is 4.23. The molecule has 1 heterocycles. The lowest BCUT2D eigenvalue weighted by atomic mass is 9.89. The van der Waals surface area contributed by atoms with Crippen LogP contribution in [0, 0.1) is 5.92 Å². The average Bonchev–Trinajstić information content (AvgIpc) is 2.47. The second-order valence-electron chi connectivity index (χ2n) is 6.18. The smallest absolute Gasteiger partial charge is 0.0330 e. The molecule has 22 heavy (non-hydrogen) atoms. The molecule has 0 aromatic carbocycles. The number of nitrogens with one attached hydrogen (secondary N) is 1. The minimum absolute atomic E-state index is 0.845. The third kappa shape index (κ3) is 5.19. The lowest BCUT2D eigenvalue weighted by molar-refractivity contribution is 0.127. The summed E-state index contributed by atoms with van der Waals surface area (Å²) in [7, 11) is 2.19. The van der Waals surface area contributed by atoms with Crippen molar-refractivity contribution in [2.75, 3.05) is 26.7 Å². The molecule has 0 unspecified atom stereocenters. The fourth-order valence-corrected chi connectivity index (χ4v) is 2.96. The van der Waals surface area contributed by atoms with Crippen LogP contribution in [0.4, 0.5) is 0 Å². The predicted molar refractivity (Wildman–Crippen MR) is 96.6 cm³/mol. The van der Waals surface area contributed by atoms with Crippen LogP contribution >= 0.6 is 0 Å². The molecule has 0 aromatic heterocycles. The zero-order valence-electron chi connectivity index (χ0n) is 13.7. The van der Waals surface area contributed by atoms with Crippen LogP contribution in [0.1, 0.15) is 19.3 Å². The molecular weight excluding hydrogens is 268 g/mol. The minimum atomic E-state index is 0.845. The van der Waals surface area contributed by atoms with Crippen LogP contribution in [-0.4, -0.2) is 31.6 Å². The maximum absolute atomic E-state index is 4.22. The largest absolute Gasteiger partial charge is 0.385 e. The Morgan fingerprint density at radius 1 is 1.32 bits per heavy atom. The van der Waals surface area contributed by atoms with Crippen molar-refractivity contribution in [3.8, 4) is 0 Å². The fraction of sp³-hybridized carbons (Fsp3) is 0.400. The molecule has 1 aliphatic carbocycles. The summed E-state index contributed by atoms with van der Waals surface area (Å²) in [5, 5.41) is 3.44. The molecular formula is C20H28N2. The van der Waals surface area contributed by atoms with Gasteiger partial charge in [0.05, 0.1) is 0 Å². The lowest BCUT2D eigenvalue weighted by Gasteiger charge is -2.36. The number of hydrogen-bond acceptors (Lipinski definition) is 2. The van der Waals surface area contributed by atoms with Crippen LogP contribution in [0.15, 0.2) is 72.5 Å². The molecule has 0 spiro atoms. The van der Waals surface area contributed by atoms with Gasteiger partial charge in [-0.3, -0.25) is 0 Å². The Morgan fingerprint density at radius 2 is 2.14 bits per heavy atom. The highest BCUT2D eigenvalue weighted by atomic mass is 15.2. The minimum Gasteiger partial charge on any atom is -0.385 e. The van der Waals surface area contributed by atoms with Gasteiger partial charge in [0.15, 0.2) is 0 Å². The Hall–Kier alpha value is -1.80. The van der Waals surface area contributed by atoms with E-state index in [-0.39, 0.29) is 0 Å². The van der Waals surface area contributed by atoms with Crippen molar-refractivity contribution in [2.45, 2.75) is 19.3 Å². The summed E-state index contributed by atoms with van der Waals surface area (Å²) in [5.74, 6) is 0.885. The van der Waals surface area contributed by atoms with E-state index < -0.39 is 0 Å². The average molecular weight is 296 g/mol. The van der Waals surface area contributed by atoms with Gasteiger partial charge in [0, 0.05) is 31.8 Å². The maximum Gasteiger partial charge on any atom is 0.0330 e. The van der Waals surface area contributed by atoms with Gasteiger partial charge in [0.25, 0.3) is 0 Å². The monoisotopic (exact) mass is 296 g/mol. The topological polar surface area (TPSA) is 15.3 Å². The molecule has 118 valence electrons. The van der Waals surface area contributed by atoms with Gasteiger partial charge in [0.1, 0.15) is 0 Å². The Kier molecular flexibility index (Phi) is 6.47. The number of likely N-dealkylation sites (tertiary alicyclic amines) is 1. The van der Waals surface area contributed by atoms with E-state index in [9.17, 15) is 0 Å². The summed E-state index contributed by atoms with van der Waals surface area (Å²) in [6.45, 7) is 11.2. The first-order chi connectivity index (χ1) is 10.7. The van der Waals surface area contributed by atoms with E-state index in [4.69, 9.17) is 0 Å². The standard InChI is InChI=1S/C20H28N2/c1-4-5-6-7-8-13-21-20-12-11-19(17(2)14-20)10-9-18-15-22(3)16-18/h4-8,11,14,18,21H,1-2,9-10,12-13,15-16H2,3H3/b6-5-,8-7-. The zero-order chi connectivity index (χ0) is 15.8. The van der Waals surface area contributed by atoms with Gasteiger partial charge in [-0.05, 0) is 43.0 Å². The van der Waals surface area contributed by atoms with Crippen molar-refractivity contribution >= 4 is 0 Å². The number of allylic oxidation sites excluding steroid dienone is 8. The summed E-state index contributed by atoms with van der Waals surface area (Å²) in [4.78, 5) is 2.38. The summed E-state index contributed by atoms with van der Waals surface area (Å²) in [6.07, 6.45) is 17.8. The summed E-state index contributed by atoms with van der Waals surface area (Å²) in [6, 6.07) is 0. The highest BCUT2D eigenvalue weighted by Crippen LogP contribution is 2.27. The highest BCUT2D eigenvalue weighted by Gasteiger charge is 2.23. The van der Waals surface area contributed by atoms with Gasteiger partial charge < -0.3 is 10.2 Å². The van der Waals surface area contributed by atoms with Crippen molar-refractivity contribution in [1.29, 1.82) is 0 Å². The quantitative estimate of drug-likeness (QED) is 0.681. The summed E-state index contributed by atoms with van der Waals surface area (Å²) in [5.41, 5.74) is 3.87. The molecule has 1 saturated heterocycles. The molecule has 0 saturated carbocycles. The number of rotatable bonds is 8. The van der Waals surface area contributed by atoms with Crippen molar-refractivity contribution in [1.82, 2.24) is 10.2 Å². The Balaban J connectivity index is 1.69. The first-order valence-corrected chi connectivity index (χ1v) is 8.14. The van der Waals surface area contributed by atoms with Crippen LogP contribution in [0.3, 0.4) is 0 Å². The predicted octanol–water partition coefficient (Wildman–Crippen LogP) is 3.99. The molecule has 0 atom stereocenters. The molecule has 2 nitrogen and oxygen atoms in total. The van der Waals surface area contributed by atoms with E-state index in [2.05, 4.69) is 48.7 Å². The van der Waals surface area contributed by atoms with Gasteiger partial charge in [-0.2, -0.15) is 0 Å². The van der Waals surface area contributed by atoms with Gasteiger partial charge >= 0.3 is 0 Å². The van der Waals surface area contributed by atoms with E-state index in [0.29, 0.717) is 0 Å². The van der Waals surface area contributed by atoms with Crippen LogP contribution < -0.4 is 5.32 Å². The molecule has 2 aliphatic rings. The normalized spacial score (nSPS) is 20.1. The molecule has 0 amide bonds. The molecule has 1 fully saturated rings. The summed E-state index contributed by atoms with van der Waals surface area (Å²) < 4.78 is 0. The van der Waals surface area contributed by atoms with Crippen LogP contribution in [0.25, 0.3) is 0 Å². The first kappa shape index (κ1) is 16.6. The molecule has 0 radical (unpaired) electrons. The Morgan fingerprint density at radius 3 is 2.82 bits per heavy atom.